The van der Waals surface area contributed by atoms with Gasteiger partial charge in [-0.25, -0.2) is 9.97 Å². The van der Waals surface area contributed by atoms with E-state index in [1.165, 1.54) is 0 Å². The van der Waals surface area contributed by atoms with Crippen molar-refractivity contribution < 1.29 is 5.11 Å². The van der Waals surface area contributed by atoms with Gasteiger partial charge in [0, 0.05) is 54.7 Å². The van der Waals surface area contributed by atoms with Gasteiger partial charge in [-0.05, 0) is 31.0 Å². The predicted octanol–water partition coefficient (Wildman–Crippen LogP) is 3.01. The fourth-order valence-corrected chi connectivity index (χ4v) is 3.31. The van der Waals surface area contributed by atoms with Crippen LogP contribution in [0.2, 0.25) is 5.15 Å². The molecule has 23 heavy (non-hydrogen) atoms. The smallest absolute Gasteiger partial charge is 0.136 e. The molecular weight excluding hydrogens is 312 g/mol. The Morgan fingerprint density at radius 1 is 1.26 bits per heavy atom. The van der Waals surface area contributed by atoms with Crippen LogP contribution in [0.4, 0.5) is 5.69 Å². The van der Waals surface area contributed by atoms with Crippen LogP contribution in [-0.4, -0.2) is 38.7 Å². The Balaban J connectivity index is 1.81. The van der Waals surface area contributed by atoms with E-state index in [0.717, 1.165) is 41.8 Å². The van der Waals surface area contributed by atoms with Crippen LogP contribution in [0.1, 0.15) is 12.8 Å². The first kappa shape index (κ1) is 14.5. The number of anilines is 1. The second kappa shape index (κ2) is 5.83. The number of pyridine rings is 2. The number of imidazole rings is 1. The van der Waals surface area contributed by atoms with Gasteiger partial charge in [-0.1, -0.05) is 11.6 Å². The fourth-order valence-electron chi connectivity index (χ4n) is 3.16. The summed E-state index contributed by atoms with van der Waals surface area (Å²) in [4.78, 5) is 10.7. The molecule has 0 bridgehead atoms. The number of hydrogen-bond acceptors (Lipinski definition) is 4. The molecule has 1 aliphatic heterocycles. The van der Waals surface area contributed by atoms with E-state index in [-0.39, 0.29) is 6.10 Å². The van der Waals surface area contributed by atoms with Gasteiger partial charge in [0.2, 0.25) is 0 Å². The lowest BCUT2D eigenvalue weighted by atomic mass is 10.0. The summed E-state index contributed by atoms with van der Waals surface area (Å²) in [5.74, 6) is 0. The van der Waals surface area contributed by atoms with Crippen molar-refractivity contribution in [3.8, 4) is 11.1 Å². The molecule has 0 saturated carbocycles. The number of halogens is 1. The molecule has 1 aliphatic rings. The van der Waals surface area contributed by atoms with Gasteiger partial charge < -0.3 is 14.4 Å². The monoisotopic (exact) mass is 328 g/mol. The molecule has 0 aromatic carbocycles. The minimum absolute atomic E-state index is 0.292. The second-order valence-electron chi connectivity index (χ2n) is 5.88. The minimum atomic E-state index is -0.292. The third-order valence-electron chi connectivity index (χ3n) is 4.29. The molecule has 1 saturated heterocycles. The Morgan fingerprint density at radius 2 is 2.17 bits per heavy atom. The third kappa shape index (κ3) is 2.78. The number of aliphatic hydroxyl groups is 1. The molecule has 118 valence electrons. The first-order valence-corrected chi connectivity index (χ1v) is 8.10. The van der Waals surface area contributed by atoms with Crippen molar-refractivity contribution in [3.63, 3.8) is 0 Å². The lowest BCUT2D eigenvalue weighted by Gasteiger charge is -2.33. The molecule has 0 aliphatic carbocycles. The summed E-state index contributed by atoms with van der Waals surface area (Å²) in [5.41, 5.74) is 3.99. The number of nitrogens with zero attached hydrogens (tertiary/aromatic N) is 4. The predicted molar refractivity (Wildman–Crippen MR) is 90.9 cm³/mol. The highest BCUT2D eigenvalue weighted by atomic mass is 35.5. The van der Waals surface area contributed by atoms with E-state index in [1.807, 2.05) is 35.0 Å². The molecule has 5 nitrogen and oxygen atoms in total. The maximum absolute atomic E-state index is 9.98. The van der Waals surface area contributed by atoms with Crippen LogP contribution >= 0.6 is 11.6 Å². The van der Waals surface area contributed by atoms with Crippen LogP contribution in [0.15, 0.2) is 43.0 Å². The first-order valence-electron chi connectivity index (χ1n) is 7.72. The summed E-state index contributed by atoms with van der Waals surface area (Å²) < 4.78 is 1.98. The lowest BCUT2D eigenvalue weighted by Crippen LogP contribution is -2.38. The number of aliphatic hydroxyl groups excluding tert-OH is 1. The third-order valence-corrected chi connectivity index (χ3v) is 4.49. The molecule has 1 N–H and O–H groups in total. The Kier molecular flexibility index (Phi) is 3.67. The minimum Gasteiger partial charge on any atom is -0.391 e. The zero-order chi connectivity index (χ0) is 15.8. The average Bonchev–Trinajstić information content (AvgIpc) is 3.02. The molecule has 6 heteroatoms. The Bertz CT molecular complexity index is 847. The van der Waals surface area contributed by atoms with Gasteiger partial charge in [-0.15, -0.1) is 0 Å². The van der Waals surface area contributed by atoms with Crippen molar-refractivity contribution in [3.05, 3.63) is 48.1 Å². The van der Waals surface area contributed by atoms with Gasteiger partial charge in [-0.3, -0.25) is 0 Å². The van der Waals surface area contributed by atoms with E-state index in [2.05, 4.69) is 14.9 Å². The van der Waals surface area contributed by atoms with Crippen molar-refractivity contribution in [1.82, 2.24) is 14.4 Å². The maximum Gasteiger partial charge on any atom is 0.136 e. The van der Waals surface area contributed by atoms with Crippen LogP contribution in [-0.2, 0) is 0 Å². The molecule has 1 atom stereocenters. The number of fused-ring (bicyclic) bond motifs is 1. The molecule has 3 aromatic heterocycles. The summed E-state index contributed by atoms with van der Waals surface area (Å²) in [5, 5.41) is 10.4. The van der Waals surface area contributed by atoms with Crippen molar-refractivity contribution in [2.75, 3.05) is 18.0 Å². The number of hydrogen-bond donors (Lipinski definition) is 1. The highest BCUT2D eigenvalue weighted by molar-refractivity contribution is 6.29. The van der Waals surface area contributed by atoms with Crippen molar-refractivity contribution in [1.29, 1.82) is 0 Å². The standard InChI is InChI=1S/C17H17ClN4O/c18-16-8-15(21-6-1-2-13(23)11-21)14(9-20-16)12-3-4-17-19-5-7-22(17)10-12/h3-5,7-10,13,23H,1-2,6,11H2/t13-/m0/s1. The Morgan fingerprint density at radius 3 is 3.04 bits per heavy atom. The van der Waals surface area contributed by atoms with E-state index >= 15 is 0 Å². The Hall–Kier alpha value is -2.11. The molecular formula is C17H17ClN4O. The van der Waals surface area contributed by atoms with Crippen molar-refractivity contribution >= 4 is 22.9 Å². The molecule has 0 amide bonds. The van der Waals surface area contributed by atoms with Gasteiger partial charge >= 0.3 is 0 Å². The van der Waals surface area contributed by atoms with Crippen LogP contribution in [0.5, 0.6) is 0 Å². The number of piperidine rings is 1. The zero-order valence-corrected chi connectivity index (χ0v) is 13.3. The highest BCUT2D eigenvalue weighted by Crippen LogP contribution is 2.33. The van der Waals surface area contributed by atoms with Gasteiger partial charge in [0.15, 0.2) is 0 Å². The maximum atomic E-state index is 9.98. The van der Waals surface area contributed by atoms with E-state index in [9.17, 15) is 5.11 Å². The van der Waals surface area contributed by atoms with Crippen LogP contribution in [0, 0.1) is 0 Å². The molecule has 3 aromatic rings. The molecule has 0 radical (unpaired) electrons. The lowest BCUT2D eigenvalue weighted by molar-refractivity contribution is 0.154. The summed E-state index contributed by atoms with van der Waals surface area (Å²) in [6, 6.07) is 5.91. The van der Waals surface area contributed by atoms with Crippen molar-refractivity contribution in [2.45, 2.75) is 18.9 Å². The summed E-state index contributed by atoms with van der Waals surface area (Å²) in [6.45, 7) is 1.54. The SMILES string of the molecule is O[C@H]1CCCN(c2cc(Cl)ncc2-c2ccc3nccn3c2)C1. The molecule has 0 unspecified atom stereocenters. The summed E-state index contributed by atoms with van der Waals surface area (Å²) in [7, 11) is 0. The first-order chi connectivity index (χ1) is 11.2. The summed E-state index contributed by atoms with van der Waals surface area (Å²) >= 11 is 6.12. The van der Waals surface area contributed by atoms with E-state index in [4.69, 9.17) is 11.6 Å². The summed E-state index contributed by atoms with van der Waals surface area (Å²) in [6.07, 6.45) is 9.08. The normalized spacial score (nSPS) is 18.5. The largest absolute Gasteiger partial charge is 0.391 e. The van der Waals surface area contributed by atoms with E-state index in [1.54, 1.807) is 12.4 Å². The molecule has 4 rings (SSSR count). The topological polar surface area (TPSA) is 53.7 Å². The van der Waals surface area contributed by atoms with Crippen LogP contribution < -0.4 is 4.90 Å². The van der Waals surface area contributed by atoms with Gasteiger partial charge in [-0.2, -0.15) is 0 Å². The van der Waals surface area contributed by atoms with Crippen LogP contribution in [0.25, 0.3) is 16.8 Å². The molecule has 1 fully saturated rings. The highest BCUT2D eigenvalue weighted by Gasteiger charge is 2.21. The van der Waals surface area contributed by atoms with Gasteiger partial charge in [0.1, 0.15) is 10.8 Å². The van der Waals surface area contributed by atoms with Crippen molar-refractivity contribution in [2.24, 2.45) is 0 Å². The number of rotatable bonds is 2. The molecule has 0 spiro atoms. The van der Waals surface area contributed by atoms with Gasteiger partial charge in [0.05, 0.1) is 6.10 Å². The van der Waals surface area contributed by atoms with E-state index < -0.39 is 0 Å². The second-order valence-corrected chi connectivity index (χ2v) is 6.26. The number of aromatic nitrogens is 3. The molecule has 4 heterocycles. The fraction of sp³-hybridized carbons (Fsp3) is 0.294. The average molecular weight is 329 g/mol. The Labute approximate surface area is 139 Å². The quantitative estimate of drug-likeness (QED) is 0.735. The van der Waals surface area contributed by atoms with E-state index in [0.29, 0.717) is 11.7 Å². The zero-order valence-electron chi connectivity index (χ0n) is 12.6. The van der Waals surface area contributed by atoms with Crippen LogP contribution in [0.3, 0.4) is 0 Å². The number of β-amino-alcohol motifs (C(OH)–C–C–N with tert-alkyl or cyclic N) is 1. The van der Waals surface area contributed by atoms with Gasteiger partial charge in [0.25, 0.3) is 0 Å².